The normalized spacial score (nSPS) is 10.1. The quantitative estimate of drug-likeness (QED) is 0.503. The number of benzene rings is 2. The number of esters is 1. The van der Waals surface area contributed by atoms with E-state index in [0.29, 0.717) is 0 Å². The van der Waals surface area contributed by atoms with Crippen LogP contribution in [0.15, 0.2) is 36.4 Å². The summed E-state index contributed by atoms with van der Waals surface area (Å²) in [5.74, 6) is -2.48. The first-order valence-corrected chi connectivity index (χ1v) is 9.38. The number of nitrogens with one attached hydrogen (secondary N) is 2. The van der Waals surface area contributed by atoms with Crippen LogP contribution in [0, 0.1) is 5.82 Å². The molecule has 0 aliphatic rings. The minimum atomic E-state index is -1.04. The minimum absolute atomic E-state index is 0.0587. The lowest BCUT2D eigenvalue weighted by Gasteiger charge is -2.17. The molecule has 0 heterocycles. The number of amides is 2. The first-order chi connectivity index (χ1) is 14.4. The van der Waals surface area contributed by atoms with E-state index in [1.54, 1.807) is 20.8 Å². The first kappa shape index (κ1) is 22.7. The van der Waals surface area contributed by atoms with Crippen LogP contribution >= 0.6 is 0 Å². The smallest absolute Gasteiger partial charge is 0.397 e. The Morgan fingerprint density at radius 1 is 0.833 bits per heavy atom. The van der Waals surface area contributed by atoms with Crippen LogP contribution in [-0.4, -0.2) is 37.6 Å². The van der Waals surface area contributed by atoms with Crippen LogP contribution in [-0.2, 0) is 14.3 Å². The van der Waals surface area contributed by atoms with Crippen molar-refractivity contribution in [2.45, 2.75) is 20.8 Å². The zero-order valence-electron chi connectivity index (χ0n) is 16.9. The molecule has 0 saturated carbocycles. The van der Waals surface area contributed by atoms with E-state index in [-0.39, 0.29) is 48.3 Å². The van der Waals surface area contributed by atoms with Gasteiger partial charge < -0.3 is 24.8 Å². The van der Waals surface area contributed by atoms with Crippen LogP contribution in [0.5, 0.6) is 11.5 Å². The van der Waals surface area contributed by atoms with Gasteiger partial charge in [-0.15, -0.1) is 0 Å². The molecule has 0 unspecified atom stereocenters. The van der Waals surface area contributed by atoms with Gasteiger partial charge in [-0.2, -0.15) is 0 Å². The first-order valence-electron chi connectivity index (χ1n) is 9.38. The lowest BCUT2D eigenvalue weighted by Crippen LogP contribution is -2.25. The van der Waals surface area contributed by atoms with Crippen molar-refractivity contribution >= 4 is 29.2 Å². The van der Waals surface area contributed by atoms with Crippen LogP contribution in [0.2, 0.25) is 0 Å². The second kappa shape index (κ2) is 10.8. The molecule has 8 nitrogen and oxygen atoms in total. The number of hydrogen-bond acceptors (Lipinski definition) is 6. The zero-order valence-corrected chi connectivity index (χ0v) is 16.9. The van der Waals surface area contributed by atoms with Gasteiger partial charge in [0.05, 0.1) is 31.2 Å². The molecule has 0 fully saturated rings. The van der Waals surface area contributed by atoms with Crippen LogP contribution in [0.3, 0.4) is 0 Å². The maximum Gasteiger partial charge on any atom is 0.397 e. The summed E-state index contributed by atoms with van der Waals surface area (Å²) in [5.41, 5.74) is 0.707. The molecule has 0 bridgehead atoms. The topological polar surface area (TPSA) is 103 Å². The van der Waals surface area contributed by atoms with Crippen molar-refractivity contribution in [1.29, 1.82) is 0 Å². The Morgan fingerprint density at radius 3 is 1.87 bits per heavy atom. The third-order valence-corrected chi connectivity index (χ3v) is 3.75. The number of rotatable bonds is 8. The van der Waals surface area contributed by atoms with Crippen LogP contribution in [0.25, 0.3) is 0 Å². The molecule has 0 aliphatic carbocycles. The van der Waals surface area contributed by atoms with Gasteiger partial charge in [0.2, 0.25) is 0 Å². The van der Waals surface area contributed by atoms with Crippen LogP contribution in [0.1, 0.15) is 31.1 Å². The highest BCUT2D eigenvalue weighted by Crippen LogP contribution is 2.37. The van der Waals surface area contributed by atoms with E-state index in [1.165, 1.54) is 36.4 Å². The van der Waals surface area contributed by atoms with Crippen molar-refractivity contribution in [3.8, 4) is 11.5 Å². The molecule has 2 amide bonds. The maximum absolute atomic E-state index is 13.1. The van der Waals surface area contributed by atoms with Gasteiger partial charge in [0.1, 0.15) is 17.3 Å². The van der Waals surface area contributed by atoms with Gasteiger partial charge >= 0.3 is 11.9 Å². The van der Waals surface area contributed by atoms with Gasteiger partial charge in [0, 0.05) is 17.7 Å². The Labute approximate surface area is 173 Å². The van der Waals surface area contributed by atoms with Gasteiger partial charge in [-0.1, -0.05) is 0 Å². The van der Waals surface area contributed by atoms with Gasteiger partial charge in [-0.25, -0.2) is 9.18 Å². The van der Waals surface area contributed by atoms with E-state index >= 15 is 0 Å². The van der Waals surface area contributed by atoms with Crippen molar-refractivity contribution in [3.05, 3.63) is 47.8 Å². The highest BCUT2D eigenvalue weighted by Gasteiger charge is 2.20. The second-order valence-corrected chi connectivity index (χ2v) is 5.85. The van der Waals surface area contributed by atoms with E-state index in [4.69, 9.17) is 9.47 Å². The monoisotopic (exact) mass is 418 g/mol. The summed E-state index contributed by atoms with van der Waals surface area (Å²) >= 11 is 0. The van der Waals surface area contributed by atoms with Crippen LogP contribution < -0.4 is 20.1 Å². The Hall–Kier alpha value is -3.62. The molecule has 2 aromatic carbocycles. The van der Waals surface area contributed by atoms with E-state index in [2.05, 4.69) is 15.4 Å². The summed E-state index contributed by atoms with van der Waals surface area (Å²) in [5, 5.41) is 5.11. The fourth-order valence-corrected chi connectivity index (χ4v) is 2.47. The van der Waals surface area contributed by atoms with Crippen LogP contribution in [0.4, 0.5) is 15.8 Å². The standard InChI is InChI=1S/C21H23FN2O6/c1-4-28-17-12-16(24-20(26)21(27)30-6-3)18(29-5-2)11-15(17)23-19(25)13-7-9-14(22)10-8-13/h7-12H,4-6H2,1-3H3,(H,23,25)(H,24,26). The van der Waals surface area contributed by atoms with Gasteiger partial charge in [-0.3, -0.25) is 9.59 Å². The molecule has 9 heteroatoms. The summed E-state index contributed by atoms with van der Waals surface area (Å²) in [7, 11) is 0. The summed E-state index contributed by atoms with van der Waals surface area (Å²) < 4.78 is 28.9. The maximum atomic E-state index is 13.1. The average Bonchev–Trinajstić information content (AvgIpc) is 2.71. The van der Waals surface area contributed by atoms with E-state index in [1.807, 2.05) is 0 Å². The average molecular weight is 418 g/mol. The summed E-state index contributed by atoms with van der Waals surface area (Å²) in [6.45, 7) is 5.68. The third kappa shape index (κ3) is 5.94. The highest BCUT2D eigenvalue weighted by molar-refractivity contribution is 6.37. The number of carbonyl (C=O) groups is 3. The van der Waals surface area contributed by atoms with Crippen molar-refractivity contribution in [1.82, 2.24) is 0 Å². The Kier molecular flexibility index (Phi) is 8.16. The molecule has 160 valence electrons. The number of ether oxygens (including phenoxy) is 3. The second-order valence-electron chi connectivity index (χ2n) is 5.85. The molecule has 2 aromatic rings. The largest absolute Gasteiger partial charge is 0.492 e. The van der Waals surface area contributed by atoms with Gasteiger partial charge in [0.15, 0.2) is 0 Å². The number of anilines is 2. The molecule has 0 spiro atoms. The van der Waals surface area contributed by atoms with Crippen molar-refractivity contribution in [2.75, 3.05) is 30.5 Å². The minimum Gasteiger partial charge on any atom is -0.492 e. The third-order valence-electron chi connectivity index (χ3n) is 3.75. The molecular formula is C21H23FN2O6. The number of hydrogen-bond donors (Lipinski definition) is 2. The molecule has 0 aromatic heterocycles. The van der Waals surface area contributed by atoms with E-state index < -0.39 is 23.6 Å². The molecule has 0 aliphatic heterocycles. The lowest BCUT2D eigenvalue weighted by atomic mass is 10.2. The van der Waals surface area contributed by atoms with Crippen molar-refractivity contribution < 1.29 is 33.0 Å². The molecule has 0 radical (unpaired) electrons. The fourth-order valence-electron chi connectivity index (χ4n) is 2.47. The molecule has 0 saturated heterocycles. The van der Waals surface area contributed by atoms with E-state index in [0.717, 1.165) is 0 Å². The SMILES string of the molecule is CCOC(=O)C(=O)Nc1cc(OCC)c(NC(=O)c2ccc(F)cc2)cc1OCC. The lowest BCUT2D eigenvalue weighted by molar-refractivity contribution is -0.152. The Balaban J connectivity index is 2.36. The molecular weight excluding hydrogens is 395 g/mol. The molecule has 0 atom stereocenters. The number of carbonyl (C=O) groups excluding carboxylic acids is 3. The predicted octanol–water partition coefficient (Wildman–Crippen LogP) is 3.38. The zero-order chi connectivity index (χ0) is 22.1. The van der Waals surface area contributed by atoms with Crippen molar-refractivity contribution in [2.24, 2.45) is 0 Å². The molecule has 2 N–H and O–H groups in total. The highest BCUT2D eigenvalue weighted by atomic mass is 19.1. The fraction of sp³-hybridized carbons (Fsp3) is 0.286. The Bertz CT molecular complexity index is 914. The van der Waals surface area contributed by atoms with Gasteiger partial charge in [-0.05, 0) is 45.0 Å². The van der Waals surface area contributed by atoms with E-state index in [9.17, 15) is 18.8 Å². The summed E-state index contributed by atoms with van der Waals surface area (Å²) in [6, 6.07) is 7.96. The van der Waals surface area contributed by atoms with Crippen molar-refractivity contribution in [3.63, 3.8) is 0 Å². The summed E-state index contributed by atoms with van der Waals surface area (Å²) in [4.78, 5) is 36.2. The summed E-state index contributed by atoms with van der Waals surface area (Å²) in [6.07, 6.45) is 0. The van der Waals surface area contributed by atoms with Gasteiger partial charge in [0.25, 0.3) is 5.91 Å². The molecule has 30 heavy (non-hydrogen) atoms. The Morgan fingerprint density at radius 2 is 1.37 bits per heavy atom. The predicted molar refractivity (Wildman–Crippen MR) is 108 cm³/mol. The number of halogens is 1. The molecule has 2 rings (SSSR count).